The van der Waals surface area contributed by atoms with E-state index in [9.17, 15) is 9.59 Å². The molecule has 0 amide bonds. The molecule has 138 valence electrons. The van der Waals surface area contributed by atoms with Crippen LogP contribution in [0.1, 0.15) is 0 Å². The van der Waals surface area contributed by atoms with Gasteiger partial charge in [-0.2, -0.15) is 5.10 Å². The molecule has 0 bridgehead atoms. The summed E-state index contributed by atoms with van der Waals surface area (Å²) < 4.78 is 11.5. The van der Waals surface area contributed by atoms with Crippen LogP contribution in [0.3, 0.4) is 0 Å². The minimum atomic E-state index is -0.644. The van der Waals surface area contributed by atoms with E-state index in [0.29, 0.717) is 5.69 Å². The molecule has 0 radical (unpaired) electrons. The van der Waals surface area contributed by atoms with E-state index in [4.69, 9.17) is 9.47 Å². The number of carbonyl (C=O) groups is 2. The number of methoxy groups -OCH3 is 2. The zero-order valence-corrected chi connectivity index (χ0v) is 15.2. The molecule has 0 saturated carbocycles. The highest BCUT2D eigenvalue weighted by atomic mass is 16.5. The first-order valence-corrected chi connectivity index (χ1v) is 8.20. The van der Waals surface area contributed by atoms with Crippen molar-refractivity contribution in [1.29, 1.82) is 0 Å². The Balaban J connectivity index is 2.13. The molecule has 2 heterocycles. The number of aryl methyl sites for hydroxylation is 1. The molecule has 7 nitrogen and oxygen atoms in total. The van der Waals surface area contributed by atoms with Crippen LogP contribution in [0.2, 0.25) is 0 Å². The summed E-state index contributed by atoms with van der Waals surface area (Å²) >= 11 is 0. The molecule has 2 aromatic rings. The molecule has 1 aromatic carbocycles. The molecule has 1 aliphatic heterocycles. The van der Waals surface area contributed by atoms with E-state index in [1.165, 1.54) is 20.3 Å². The van der Waals surface area contributed by atoms with Crippen molar-refractivity contribution in [3.05, 3.63) is 72.2 Å². The van der Waals surface area contributed by atoms with E-state index < -0.39 is 11.9 Å². The number of aromatic nitrogens is 2. The van der Waals surface area contributed by atoms with Gasteiger partial charge in [0.15, 0.2) is 0 Å². The number of benzene rings is 1. The van der Waals surface area contributed by atoms with Gasteiger partial charge in [0.05, 0.1) is 25.5 Å². The second kappa shape index (κ2) is 7.74. The summed E-state index contributed by atoms with van der Waals surface area (Å²) in [6.45, 7) is 0. The summed E-state index contributed by atoms with van der Waals surface area (Å²) in [5.41, 5.74) is 2.54. The zero-order valence-electron chi connectivity index (χ0n) is 15.2. The predicted octanol–water partition coefficient (Wildman–Crippen LogP) is 2.58. The fourth-order valence-corrected chi connectivity index (χ4v) is 2.75. The SMILES string of the molecule is COC(=O)C1=C(C(=O)OC)N(c2cccc(-c3ccn(C)n3)c2)C=CC=C1. The van der Waals surface area contributed by atoms with Crippen molar-refractivity contribution in [2.24, 2.45) is 7.05 Å². The maximum absolute atomic E-state index is 12.5. The molecule has 3 rings (SSSR count). The number of carbonyl (C=O) groups excluding carboxylic acids is 2. The van der Waals surface area contributed by atoms with E-state index in [-0.39, 0.29) is 11.3 Å². The molecule has 0 saturated heterocycles. The van der Waals surface area contributed by atoms with Crippen LogP contribution in [0.25, 0.3) is 11.3 Å². The lowest BCUT2D eigenvalue weighted by Crippen LogP contribution is -2.26. The van der Waals surface area contributed by atoms with Gasteiger partial charge in [0.1, 0.15) is 5.70 Å². The molecule has 7 heteroatoms. The Labute approximate surface area is 156 Å². The summed E-state index contributed by atoms with van der Waals surface area (Å²) in [5.74, 6) is -1.27. The molecule has 0 spiro atoms. The number of nitrogens with zero attached hydrogens (tertiary/aromatic N) is 3. The van der Waals surface area contributed by atoms with Gasteiger partial charge < -0.3 is 14.4 Å². The van der Waals surface area contributed by atoms with Crippen LogP contribution in [-0.4, -0.2) is 35.9 Å². The van der Waals surface area contributed by atoms with E-state index in [2.05, 4.69) is 5.10 Å². The molecule has 0 aliphatic carbocycles. The van der Waals surface area contributed by atoms with Crippen molar-refractivity contribution in [2.75, 3.05) is 19.1 Å². The maximum Gasteiger partial charge on any atom is 0.355 e. The first kappa shape index (κ1) is 18.2. The van der Waals surface area contributed by atoms with Gasteiger partial charge in [-0.3, -0.25) is 4.68 Å². The van der Waals surface area contributed by atoms with Crippen molar-refractivity contribution < 1.29 is 19.1 Å². The third kappa shape index (κ3) is 3.67. The van der Waals surface area contributed by atoms with Crippen LogP contribution in [0.4, 0.5) is 5.69 Å². The van der Waals surface area contributed by atoms with Crippen molar-refractivity contribution >= 4 is 17.6 Å². The predicted molar refractivity (Wildman–Crippen MR) is 100 cm³/mol. The van der Waals surface area contributed by atoms with Gasteiger partial charge in [0, 0.05) is 30.7 Å². The van der Waals surface area contributed by atoms with Gasteiger partial charge in [0.2, 0.25) is 0 Å². The van der Waals surface area contributed by atoms with Crippen LogP contribution < -0.4 is 4.90 Å². The Bertz CT molecular complexity index is 969. The highest BCUT2D eigenvalue weighted by molar-refractivity contribution is 6.05. The molecular weight excluding hydrogens is 346 g/mol. The number of esters is 2. The quantitative estimate of drug-likeness (QED) is 0.776. The number of hydrogen-bond donors (Lipinski definition) is 0. The highest BCUT2D eigenvalue weighted by Gasteiger charge is 2.27. The molecule has 0 atom stereocenters. The number of rotatable bonds is 4. The monoisotopic (exact) mass is 365 g/mol. The van der Waals surface area contributed by atoms with Crippen molar-refractivity contribution in [3.8, 4) is 11.3 Å². The summed E-state index contributed by atoms with van der Waals surface area (Å²) in [5, 5.41) is 4.40. The van der Waals surface area contributed by atoms with Gasteiger partial charge in [0.25, 0.3) is 0 Å². The topological polar surface area (TPSA) is 73.7 Å². The fourth-order valence-electron chi connectivity index (χ4n) is 2.75. The largest absolute Gasteiger partial charge is 0.465 e. The van der Waals surface area contributed by atoms with Crippen LogP contribution in [0.15, 0.2) is 72.2 Å². The van der Waals surface area contributed by atoms with Crippen LogP contribution >= 0.6 is 0 Å². The fraction of sp³-hybridized carbons (Fsp3) is 0.150. The van der Waals surface area contributed by atoms with E-state index >= 15 is 0 Å². The minimum Gasteiger partial charge on any atom is -0.465 e. The maximum atomic E-state index is 12.5. The zero-order chi connectivity index (χ0) is 19.4. The Morgan fingerprint density at radius 3 is 2.48 bits per heavy atom. The first-order chi connectivity index (χ1) is 13.0. The van der Waals surface area contributed by atoms with Gasteiger partial charge in [-0.25, -0.2) is 9.59 Å². The van der Waals surface area contributed by atoms with Crippen molar-refractivity contribution in [1.82, 2.24) is 9.78 Å². The van der Waals surface area contributed by atoms with Crippen LogP contribution in [0, 0.1) is 0 Å². The number of ether oxygens (including phenoxy) is 2. The van der Waals surface area contributed by atoms with Gasteiger partial charge >= 0.3 is 11.9 Å². The normalized spacial score (nSPS) is 13.5. The van der Waals surface area contributed by atoms with Crippen molar-refractivity contribution in [2.45, 2.75) is 0 Å². The molecule has 0 fully saturated rings. The van der Waals surface area contributed by atoms with Crippen LogP contribution in [-0.2, 0) is 26.1 Å². The number of hydrogen-bond acceptors (Lipinski definition) is 6. The highest BCUT2D eigenvalue weighted by Crippen LogP contribution is 2.29. The third-order valence-corrected chi connectivity index (χ3v) is 4.02. The van der Waals surface area contributed by atoms with E-state index in [0.717, 1.165) is 11.3 Å². The molecule has 0 unspecified atom stereocenters. The average molecular weight is 365 g/mol. The molecule has 1 aliphatic rings. The summed E-state index contributed by atoms with van der Waals surface area (Å²) in [6, 6.07) is 9.40. The van der Waals surface area contributed by atoms with E-state index in [1.807, 2.05) is 43.6 Å². The second-order valence-electron chi connectivity index (χ2n) is 5.74. The van der Waals surface area contributed by atoms with Gasteiger partial charge in [-0.15, -0.1) is 0 Å². The summed E-state index contributed by atoms with van der Waals surface area (Å²) in [4.78, 5) is 26.3. The molecule has 27 heavy (non-hydrogen) atoms. The van der Waals surface area contributed by atoms with E-state index in [1.54, 1.807) is 27.9 Å². The Morgan fingerprint density at radius 1 is 1.04 bits per heavy atom. The number of allylic oxidation sites excluding steroid dienone is 2. The summed E-state index contributed by atoms with van der Waals surface area (Å²) in [6.07, 6.45) is 8.46. The Hall–Kier alpha value is -3.61. The van der Waals surface area contributed by atoms with Gasteiger partial charge in [-0.1, -0.05) is 18.2 Å². The average Bonchev–Trinajstić information content (AvgIpc) is 3.01. The molecule has 1 aromatic heterocycles. The second-order valence-corrected chi connectivity index (χ2v) is 5.74. The minimum absolute atomic E-state index is 0.0764. The van der Waals surface area contributed by atoms with Crippen molar-refractivity contribution in [3.63, 3.8) is 0 Å². The third-order valence-electron chi connectivity index (χ3n) is 4.02. The van der Waals surface area contributed by atoms with Crippen LogP contribution in [0.5, 0.6) is 0 Å². The van der Waals surface area contributed by atoms with Gasteiger partial charge in [-0.05, 0) is 30.4 Å². The smallest absolute Gasteiger partial charge is 0.355 e. The molecular formula is C20H19N3O4. The molecule has 0 N–H and O–H groups in total. The standard InChI is InChI=1S/C20H19N3O4/c1-22-12-10-17(21-22)14-7-6-8-15(13-14)23-11-5-4-9-16(19(24)26-2)18(23)20(25)27-3/h4-13H,1-3H3. The number of anilines is 1. The lowest BCUT2D eigenvalue weighted by atomic mass is 10.1. The lowest BCUT2D eigenvalue weighted by Gasteiger charge is -2.23. The lowest BCUT2D eigenvalue weighted by molar-refractivity contribution is -0.139. The summed E-state index contributed by atoms with van der Waals surface area (Å²) in [7, 11) is 4.38. The Morgan fingerprint density at radius 2 is 1.81 bits per heavy atom. The Kier molecular flexibility index (Phi) is 5.21. The first-order valence-electron chi connectivity index (χ1n) is 8.20.